The minimum atomic E-state index is -0.790. The summed E-state index contributed by atoms with van der Waals surface area (Å²) in [5.74, 6) is 1.36. The van der Waals surface area contributed by atoms with Crippen LogP contribution in [0.3, 0.4) is 0 Å². The van der Waals surface area contributed by atoms with Crippen molar-refractivity contribution in [3.05, 3.63) is 23.4 Å². The zero-order valence-electron chi connectivity index (χ0n) is 8.83. The standard InChI is InChI=1S/C10H10N2O3S2/c13-9(14)3-5-16-6-8-11-12-10(15-8)7-2-1-4-17-7/h1-2,4H,3,5-6H2,(H,13,14). The molecule has 0 saturated carbocycles. The zero-order chi connectivity index (χ0) is 12.1. The van der Waals surface area contributed by atoms with Crippen LogP contribution in [0.15, 0.2) is 21.9 Å². The van der Waals surface area contributed by atoms with E-state index in [1.165, 1.54) is 11.8 Å². The summed E-state index contributed by atoms with van der Waals surface area (Å²) in [7, 11) is 0. The van der Waals surface area contributed by atoms with Gasteiger partial charge in [-0.3, -0.25) is 4.79 Å². The number of hydrogen-bond acceptors (Lipinski definition) is 6. The van der Waals surface area contributed by atoms with Crippen LogP contribution in [0.2, 0.25) is 0 Å². The van der Waals surface area contributed by atoms with E-state index >= 15 is 0 Å². The Morgan fingerprint density at radius 3 is 3.12 bits per heavy atom. The van der Waals surface area contributed by atoms with E-state index in [1.54, 1.807) is 11.3 Å². The normalized spacial score (nSPS) is 10.6. The Hall–Kier alpha value is -1.34. The van der Waals surface area contributed by atoms with Crippen LogP contribution in [0.5, 0.6) is 0 Å². The Kier molecular flexibility index (Phi) is 4.16. The third-order valence-electron chi connectivity index (χ3n) is 1.88. The number of thioether (sulfide) groups is 1. The van der Waals surface area contributed by atoms with E-state index in [-0.39, 0.29) is 6.42 Å². The fourth-order valence-corrected chi connectivity index (χ4v) is 2.53. The summed E-state index contributed by atoms with van der Waals surface area (Å²) >= 11 is 3.01. The van der Waals surface area contributed by atoms with Gasteiger partial charge in [0.05, 0.1) is 17.1 Å². The third kappa shape index (κ3) is 3.57. The highest BCUT2D eigenvalue weighted by Crippen LogP contribution is 2.24. The van der Waals surface area contributed by atoms with Crippen LogP contribution < -0.4 is 0 Å². The van der Waals surface area contributed by atoms with E-state index in [1.807, 2.05) is 17.5 Å². The molecule has 0 spiro atoms. The molecule has 0 aliphatic carbocycles. The van der Waals surface area contributed by atoms with Crippen molar-refractivity contribution >= 4 is 29.1 Å². The molecule has 2 heterocycles. The topological polar surface area (TPSA) is 76.2 Å². The van der Waals surface area contributed by atoms with Gasteiger partial charge in [0.2, 0.25) is 5.89 Å². The molecule has 0 fully saturated rings. The second kappa shape index (κ2) is 5.83. The number of thiophene rings is 1. The van der Waals surface area contributed by atoms with E-state index < -0.39 is 5.97 Å². The number of aromatic nitrogens is 2. The van der Waals surface area contributed by atoms with Crippen molar-refractivity contribution in [1.82, 2.24) is 10.2 Å². The fraction of sp³-hybridized carbons (Fsp3) is 0.300. The Balaban J connectivity index is 1.84. The van der Waals surface area contributed by atoms with Gasteiger partial charge >= 0.3 is 5.97 Å². The summed E-state index contributed by atoms with van der Waals surface area (Å²) in [6.45, 7) is 0. The molecule has 0 bridgehead atoms. The van der Waals surface area contributed by atoms with Crippen molar-refractivity contribution in [1.29, 1.82) is 0 Å². The first kappa shape index (κ1) is 12.1. The van der Waals surface area contributed by atoms with E-state index in [2.05, 4.69) is 10.2 Å². The highest BCUT2D eigenvalue weighted by atomic mass is 32.2. The highest BCUT2D eigenvalue weighted by molar-refractivity contribution is 7.98. The van der Waals surface area contributed by atoms with Gasteiger partial charge in [-0.1, -0.05) is 6.07 Å². The molecule has 0 aliphatic rings. The summed E-state index contributed by atoms with van der Waals surface area (Å²) in [5.41, 5.74) is 0. The van der Waals surface area contributed by atoms with Gasteiger partial charge in [-0.05, 0) is 11.4 Å². The molecule has 0 atom stereocenters. The molecule has 0 saturated heterocycles. The molecule has 0 amide bonds. The summed E-state index contributed by atoms with van der Waals surface area (Å²) in [6, 6.07) is 3.84. The first-order valence-electron chi connectivity index (χ1n) is 4.91. The molecule has 0 aliphatic heterocycles. The first-order valence-corrected chi connectivity index (χ1v) is 6.95. The summed E-state index contributed by atoms with van der Waals surface area (Å²) in [6.07, 6.45) is 0.149. The quantitative estimate of drug-likeness (QED) is 0.813. The molecular weight excluding hydrogens is 260 g/mol. The molecule has 2 aromatic rings. The molecule has 0 unspecified atom stereocenters. The highest BCUT2D eigenvalue weighted by Gasteiger charge is 2.09. The Morgan fingerprint density at radius 2 is 2.41 bits per heavy atom. The summed E-state index contributed by atoms with van der Waals surface area (Å²) in [5, 5.41) is 18.3. The lowest BCUT2D eigenvalue weighted by molar-refractivity contribution is -0.136. The average molecular weight is 270 g/mol. The number of carbonyl (C=O) groups is 1. The van der Waals surface area contributed by atoms with Gasteiger partial charge < -0.3 is 9.52 Å². The van der Waals surface area contributed by atoms with E-state index in [0.29, 0.717) is 23.3 Å². The van der Waals surface area contributed by atoms with Crippen LogP contribution in [0.4, 0.5) is 0 Å². The van der Waals surface area contributed by atoms with Crippen molar-refractivity contribution in [2.24, 2.45) is 0 Å². The van der Waals surface area contributed by atoms with Gasteiger partial charge in [-0.15, -0.1) is 21.5 Å². The van der Waals surface area contributed by atoms with Crippen molar-refractivity contribution in [2.75, 3.05) is 5.75 Å². The van der Waals surface area contributed by atoms with Crippen LogP contribution in [0, 0.1) is 0 Å². The minimum Gasteiger partial charge on any atom is -0.481 e. The first-order chi connectivity index (χ1) is 8.25. The van der Waals surface area contributed by atoms with Gasteiger partial charge in [0.15, 0.2) is 0 Å². The third-order valence-corrected chi connectivity index (χ3v) is 3.69. The molecule has 5 nitrogen and oxygen atoms in total. The SMILES string of the molecule is O=C(O)CCSCc1nnc(-c2cccs2)o1. The maximum atomic E-state index is 10.3. The summed E-state index contributed by atoms with van der Waals surface area (Å²) in [4.78, 5) is 11.3. The number of hydrogen-bond donors (Lipinski definition) is 1. The Morgan fingerprint density at radius 1 is 1.53 bits per heavy atom. The molecule has 90 valence electrons. The molecule has 2 rings (SSSR count). The van der Waals surface area contributed by atoms with Crippen LogP contribution in [-0.2, 0) is 10.5 Å². The second-order valence-electron chi connectivity index (χ2n) is 3.17. The molecule has 1 N–H and O–H groups in total. The largest absolute Gasteiger partial charge is 0.481 e. The van der Waals surface area contributed by atoms with Crippen molar-refractivity contribution in [3.63, 3.8) is 0 Å². The minimum absolute atomic E-state index is 0.149. The van der Waals surface area contributed by atoms with Crippen LogP contribution >= 0.6 is 23.1 Å². The monoisotopic (exact) mass is 270 g/mol. The van der Waals surface area contributed by atoms with E-state index in [0.717, 1.165) is 4.88 Å². The lowest BCUT2D eigenvalue weighted by Crippen LogP contribution is -1.96. The number of carboxylic acids is 1. The van der Waals surface area contributed by atoms with Crippen molar-refractivity contribution in [3.8, 4) is 10.8 Å². The number of rotatable bonds is 6. The second-order valence-corrected chi connectivity index (χ2v) is 5.23. The Labute approximate surface area is 106 Å². The molecule has 17 heavy (non-hydrogen) atoms. The Bertz CT molecular complexity index is 481. The molecule has 7 heteroatoms. The van der Waals surface area contributed by atoms with Crippen LogP contribution in [-0.4, -0.2) is 27.0 Å². The fourth-order valence-electron chi connectivity index (χ4n) is 1.13. The van der Waals surface area contributed by atoms with Gasteiger partial charge in [0.25, 0.3) is 5.89 Å². The smallest absolute Gasteiger partial charge is 0.304 e. The van der Waals surface area contributed by atoms with Gasteiger partial charge in [0, 0.05) is 5.75 Å². The molecule has 0 aromatic carbocycles. The lowest BCUT2D eigenvalue weighted by Gasteiger charge is -1.94. The average Bonchev–Trinajstić information content (AvgIpc) is 2.94. The summed E-state index contributed by atoms with van der Waals surface area (Å²) < 4.78 is 5.46. The lowest BCUT2D eigenvalue weighted by atomic mass is 10.5. The van der Waals surface area contributed by atoms with E-state index in [9.17, 15) is 4.79 Å². The van der Waals surface area contributed by atoms with Crippen molar-refractivity contribution < 1.29 is 14.3 Å². The van der Waals surface area contributed by atoms with Crippen molar-refractivity contribution in [2.45, 2.75) is 12.2 Å². The van der Waals surface area contributed by atoms with Gasteiger partial charge in [0.1, 0.15) is 0 Å². The maximum absolute atomic E-state index is 10.3. The molecular formula is C10H10N2O3S2. The zero-order valence-corrected chi connectivity index (χ0v) is 10.5. The van der Waals surface area contributed by atoms with Gasteiger partial charge in [-0.2, -0.15) is 11.8 Å². The van der Waals surface area contributed by atoms with E-state index in [4.69, 9.17) is 9.52 Å². The predicted molar refractivity (Wildman–Crippen MR) is 66.0 cm³/mol. The molecule has 0 radical (unpaired) electrons. The van der Waals surface area contributed by atoms with Gasteiger partial charge in [-0.25, -0.2) is 0 Å². The number of nitrogens with zero attached hydrogens (tertiary/aromatic N) is 2. The van der Waals surface area contributed by atoms with Crippen LogP contribution in [0.1, 0.15) is 12.3 Å². The number of carboxylic acid groups (broad SMARTS) is 1. The van der Waals surface area contributed by atoms with Crippen LogP contribution in [0.25, 0.3) is 10.8 Å². The predicted octanol–water partition coefficient (Wildman–Crippen LogP) is 2.51. The maximum Gasteiger partial charge on any atom is 0.304 e. The molecule has 2 aromatic heterocycles. The number of aliphatic carboxylic acids is 1.